The zero-order chi connectivity index (χ0) is 22.9. The van der Waals surface area contributed by atoms with Crippen LogP contribution in [0.25, 0.3) is 21.6 Å². The van der Waals surface area contributed by atoms with Crippen molar-refractivity contribution in [2.45, 2.75) is 10.8 Å². The lowest BCUT2D eigenvalue weighted by molar-refractivity contribution is 0.415. The van der Waals surface area contributed by atoms with Crippen LogP contribution in [0.5, 0.6) is 5.75 Å². The minimum absolute atomic E-state index is 0.136. The topological polar surface area (TPSA) is 55.4 Å². The van der Waals surface area contributed by atoms with Gasteiger partial charge in [-0.3, -0.25) is 0 Å². The van der Waals surface area contributed by atoms with Crippen molar-refractivity contribution in [2.75, 3.05) is 7.11 Å². The number of hydrogen-bond acceptors (Lipinski definition) is 5. The Bertz CT molecular complexity index is 1360. The van der Waals surface area contributed by atoms with Gasteiger partial charge in [0.05, 0.1) is 11.4 Å². The van der Waals surface area contributed by atoms with Gasteiger partial charge in [-0.05, 0) is 60.2 Å². The summed E-state index contributed by atoms with van der Waals surface area (Å²) in [5.41, 5.74) is 2.68. The Balaban J connectivity index is 1.71. The Labute approximate surface area is 209 Å². The fourth-order valence-corrected chi connectivity index (χ4v) is 7.32. The summed E-state index contributed by atoms with van der Waals surface area (Å²) in [6.07, 6.45) is 0. The van der Waals surface area contributed by atoms with E-state index in [4.69, 9.17) is 39.5 Å². The summed E-state index contributed by atoms with van der Waals surface area (Å²) in [5.74, 6) is 0.749. The third kappa shape index (κ3) is 5.15. The zero-order valence-corrected chi connectivity index (χ0v) is 21.3. The molecule has 2 heterocycles. The van der Waals surface area contributed by atoms with Crippen molar-refractivity contribution in [1.29, 1.82) is 0 Å². The molecule has 0 aliphatic rings. The van der Waals surface area contributed by atoms with Gasteiger partial charge in [0.15, 0.2) is 0 Å². The number of thiophene rings is 2. The third-order valence-electron chi connectivity index (χ3n) is 4.61. The lowest BCUT2D eigenvalue weighted by Gasteiger charge is -2.08. The summed E-state index contributed by atoms with van der Waals surface area (Å²) >= 11 is 21.0. The van der Waals surface area contributed by atoms with Crippen LogP contribution in [-0.4, -0.2) is 15.5 Å². The van der Waals surface area contributed by atoms with Crippen molar-refractivity contribution in [2.24, 2.45) is 0 Å². The average Bonchev–Trinajstić information content (AvgIpc) is 3.39. The van der Waals surface area contributed by atoms with Crippen molar-refractivity contribution in [3.8, 4) is 27.3 Å². The molecule has 1 N–H and O–H groups in total. The van der Waals surface area contributed by atoms with Gasteiger partial charge in [-0.2, -0.15) is 0 Å². The number of halogens is 3. The molecule has 10 heteroatoms. The zero-order valence-electron chi connectivity index (χ0n) is 16.6. The second kappa shape index (κ2) is 9.73. The molecule has 2 aromatic carbocycles. The van der Waals surface area contributed by atoms with Crippen LogP contribution in [0.3, 0.4) is 0 Å². The van der Waals surface area contributed by atoms with Gasteiger partial charge in [0.2, 0.25) is 10.0 Å². The highest BCUT2D eigenvalue weighted by atomic mass is 35.5. The molecule has 0 aliphatic carbocycles. The molecule has 0 radical (unpaired) electrons. The maximum Gasteiger partial charge on any atom is 0.250 e. The van der Waals surface area contributed by atoms with E-state index >= 15 is 0 Å². The van der Waals surface area contributed by atoms with E-state index in [0.29, 0.717) is 14.4 Å². The van der Waals surface area contributed by atoms with Crippen LogP contribution in [0.1, 0.15) is 4.88 Å². The van der Waals surface area contributed by atoms with E-state index < -0.39 is 10.0 Å². The van der Waals surface area contributed by atoms with E-state index in [1.54, 1.807) is 25.3 Å². The summed E-state index contributed by atoms with van der Waals surface area (Å²) in [6, 6.07) is 18.0. The Morgan fingerprint density at radius 2 is 1.66 bits per heavy atom. The molecule has 0 aliphatic heterocycles. The molecule has 2 aromatic heterocycles. The molecule has 4 rings (SSSR count). The van der Waals surface area contributed by atoms with Crippen LogP contribution in [-0.2, 0) is 16.6 Å². The van der Waals surface area contributed by atoms with Crippen molar-refractivity contribution < 1.29 is 13.2 Å². The van der Waals surface area contributed by atoms with Crippen LogP contribution in [0.2, 0.25) is 14.4 Å². The van der Waals surface area contributed by atoms with Crippen LogP contribution in [0.15, 0.2) is 64.9 Å². The van der Waals surface area contributed by atoms with E-state index in [9.17, 15) is 8.42 Å². The first-order valence-electron chi connectivity index (χ1n) is 9.24. The van der Waals surface area contributed by atoms with Crippen LogP contribution < -0.4 is 9.46 Å². The first-order chi connectivity index (χ1) is 15.3. The van der Waals surface area contributed by atoms with E-state index in [1.165, 1.54) is 17.4 Å². The summed E-state index contributed by atoms with van der Waals surface area (Å²) in [7, 11) is -2.05. The van der Waals surface area contributed by atoms with Crippen molar-refractivity contribution >= 4 is 67.5 Å². The Morgan fingerprint density at radius 1 is 0.906 bits per heavy atom. The highest BCUT2D eigenvalue weighted by molar-refractivity contribution is 7.91. The molecule has 0 saturated heterocycles. The van der Waals surface area contributed by atoms with E-state index in [2.05, 4.69) is 4.72 Å². The first kappa shape index (κ1) is 23.6. The Kier molecular flexibility index (Phi) is 7.17. The lowest BCUT2D eigenvalue weighted by Crippen LogP contribution is -2.21. The second-order valence-electron chi connectivity index (χ2n) is 6.69. The van der Waals surface area contributed by atoms with E-state index in [1.807, 2.05) is 36.4 Å². The van der Waals surface area contributed by atoms with Crippen molar-refractivity contribution in [1.82, 2.24) is 4.72 Å². The third-order valence-corrected chi connectivity index (χ3v) is 9.46. The maximum atomic E-state index is 12.6. The van der Waals surface area contributed by atoms with Gasteiger partial charge in [-0.25, -0.2) is 13.1 Å². The fourth-order valence-electron chi connectivity index (χ4n) is 3.07. The van der Waals surface area contributed by atoms with Crippen molar-refractivity contribution in [3.05, 3.63) is 79.9 Å². The SMILES string of the molecule is COc1ccc(-c2sc(CNS(=O)(=O)c3ccc(Cl)s3)cc2-c2ccc(Cl)cc2Cl)cc1. The maximum absolute atomic E-state index is 12.6. The van der Waals surface area contributed by atoms with Gasteiger partial charge in [-0.15, -0.1) is 22.7 Å². The number of benzene rings is 2. The highest BCUT2D eigenvalue weighted by Gasteiger charge is 2.19. The summed E-state index contributed by atoms with van der Waals surface area (Å²) < 4.78 is 33.7. The minimum Gasteiger partial charge on any atom is -0.497 e. The van der Waals surface area contributed by atoms with Gasteiger partial charge < -0.3 is 4.74 Å². The minimum atomic E-state index is -3.66. The van der Waals surface area contributed by atoms with E-state index in [-0.39, 0.29) is 10.8 Å². The molecule has 0 amide bonds. The predicted octanol–water partition coefficient (Wildman–Crippen LogP) is 7.59. The molecule has 32 heavy (non-hydrogen) atoms. The predicted molar refractivity (Wildman–Crippen MR) is 135 cm³/mol. The summed E-state index contributed by atoms with van der Waals surface area (Å²) in [5, 5.41) is 1.06. The van der Waals surface area contributed by atoms with Gasteiger partial charge >= 0.3 is 0 Å². The molecule has 0 fully saturated rings. The number of rotatable bonds is 7. The number of methoxy groups -OCH3 is 1. The standard InChI is InChI=1S/C22H16Cl3NO3S3/c1-29-15-5-2-13(3-6-15)22-18(17-7-4-14(23)10-19(17)24)11-16(30-22)12-26-32(27,28)21-9-8-20(25)31-21/h2-11,26H,12H2,1H3. The second-order valence-corrected chi connectivity index (χ2v) is 12.4. The van der Waals surface area contributed by atoms with Crippen LogP contribution in [0, 0.1) is 0 Å². The largest absolute Gasteiger partial charge is 0.497 e. The molecule has 0 saturated carbocycles. The quantitative estimate of drug-likeness (QED) is 0.261. The van der Waals surface area contributed by atoms with Crippen LogP contribution >= 0.6 is 57.5 Å². The molecular formula is C22H16Cl3NO3S3. The smallest absolute Gasteiger partial charge is 0.250 e. The van der Waals surface area contributed by atoms with E-state index in [0.717, 1.165) is 43.5 Å². The van der Waals surface area contributed by atoms with Gasteiger partial charge in [0.25, 0.3) is 0 Å². The normalized spacial score (nSPS) is 11.6. The number of sulfonamides is 1. The molecule has 4 nitrogen and oxygen atoms in total. The molecule has 4 aromatic rings. The number of hydrogen-bond donors (Lipinski definition) is 1. The monoisotopic (exact) mass is 543 g/mol. The van der Waals surface area contributed by atoms with Crippen LogP contribution in [0.4, 0.5) is 0 Å². The van der Waals surface area contributed by atoms with Crippen molar-refractivity contribution in [3.63, 3.8) is 0 Å². The number of ether oxygens (including phenoxy) is 1. The Morgan fingerprint density at radius 3 is 2.28 bits per heavy atom. The lowest BCUT2D eigenvalue weighted by atomic mass is 10.0. The summed E-state index contributed by atoms with van der Waals surface area (Å²) in [6.45, 7) is 0.136. The number of nitrogens with one attached hydrogen (secondary N) is 1. The molecule has 0 bridgehead atoms. The fraction of sp³-hybridized carbons (Fsp3) is 0.0909. The highest BCUT2D eigenvalue weighted by Crippen LogP contribution is 2.43. The molecule has 0 spiro atoms. The molecule has 0 atom stereocenters. The van der Waals surface area contributed by atoms with Gasteiger partial charge in [0, 0.05) is 37.5 Å². The molecule has 166 valence electrons. The molecular weight excluding hydrogens is 529 g/mol. The first-order valence-corrected chi connectivity index (χ1v) is 13.5. The summed E-state index contributed by atoms with van der Waals surface area (Å²) in [4.78, 5) is 1.80. The molecule has 0 unspecified atom stereocenters. The average molecular weight is 545 g/mol. The van der Waals surface area contributed by atoms with Gasteiger partial charge in [-0.1, -0.05) is 40.9 Å². The van der Waals surface area contributed by atoms with Gasteiger partial charge in [0.1, 0.15) is 9.96 Å². The Hall–Kier alpha value is -1.58.